The topological polar surface area (TPSA) is 44.8 Å². The molecular formula is C11H16O4. The molecule has 3 saturated heterocycles. The maximum atomic E-state index is 11.8. The fourth-order valence-corrected chi connectivity index (χ4v) is 2.84. The van der Waals surface area contributed by atoms with Crippen LogP contribution in [0.1, 0.15) is 26.2 Å². The van der Waals surface area contributed by atoms with E-state index >= 15 is 0 Å². The van der Waals surface area contributed by atoms with Gasteiger partial charge in [-0.05, 0) is 12.8 Å². The van der Waals surface area contributed by atoms with Crippen LogP contribution in [0.2, 0.25) is 0 Å². The quantitative estimate of drug-likeness (QED) is 0.652. The summed E-state index contributed by atoms with van der Waals surface area (Å²) in [4.78, 5) is 11.8. The van der Waals surface area contributed by atoms with Crippen molar-refractivity contribution in [1.82, 2.24) is 0 Å². The number of ether oxygens (including phenoxy) is 3. The van der Waals surface area contributed by atoms with Crippen LogP contribution in [0.4, 0.5) is 0 Å². The van der Waals surface area contributed by atoms with Crippen molar-refractivity contribution in [3.63, 3.8) is 0 Å². The van der Waals surface area contributed by atoms with Crippen molar-refractivity contribution in [2.24, 2.45) is 11.3 Å². The van der Waals surface area contributed by atoms with Crippen molar-refractivity contribution in [3.8, 4) is 0 Å². The zero-order valence-electron chi connectivity index (χ0n) is 8.95. The van der Waals surface area contributed by atoms with Crippen molar-refractivity contribution in [1.29, 1.82) is 0 Å². The Morgan fingerprint density at radius 1 is 1.20 bits per heavy atom. The largest absolute Gasteiger partial charge is 0.327 e. The van der Waals surface area contributed by atoms with Crippen LogP contribution in [-0.4, -0.2) is 31.6 Å². The van der Waals surface area contributed by atoms with Crippen LogP contribution in [0, 0.1) is 11.3 Å². The molecule has 0 aromatic heterocycles. The van der Waals surface area contributed by atoms with E-state index in [0.29, 0.717) is 32.0 Å². The molecular weight excluding hydrogens is 196 g/mol. The second-order valence-electron chi connectivity index (χ2n) is 5.00. The standard InChI is InChI=1S/C11H16O4/c1-10-13-5-11(6-14-10,7-15-10)8-3-2-4-9(8)12/h8H,2-7H2,1H3. The molecule has 0 aromatic rings. The summed E-state index contributed by atoms with van der Waals surface area (Å²) in [6, 6.07) is 0. The van der Waals surface area contributed by atoms with Gasteiger partial charge >= 0.3 is 0 Å². The lowest BCUT2D eigenvalue weighted by atomic mass is 9.74. The first kappa shape index (κ1) is 9.75. The summed E-state index contributed by atoms with van der Waals surface area (Å²) in [5, 5.41) is 0. The number of rotatable bonds is 1. The zero-order chi connectivity index (χ0) is 10.5. The third kappa shape index (κ3) is 1.35. The van der Waals surface area contributed by atoms with E-state index in [4.69, 9.17) is 14.2 Å². The summed E-state index contributed by atoms with van der Waals surface area (Å²) >= 11 is 0. The minimum absolute atomic E-state index is 0.0855. The molecule has 1 saturated carbocycles. The molecule has 2 bridgehead atoms. The van der Waals surface area contributed by atoms with Gasteiger partial charge in [-0.1, -0.05) is 0 Å². The highest BCUT2D eigenvalue weighted by Gasteiger charge is 2.56. The summed E-state index contributed by atoms with van der Waals surface area (Å²) < 4.78 is 16.6. The fraction of sp³-hybridized carbons (Fsp3) is 0.909. The maximum Gasteiger partial charge on any atom is 0.279 e. The summed E-state index contributed by atoms with van der Waals surface area (Å²) in [6.07, 6.45) is 2.68. The third-order valence-electron chi connectivity index (χ3n) is 3.91. The van der Waals surface area contributed by atoms with E-state index in [0.717, 1.165) is 12.8 Å². The second kappa shape index (κ2) is 3.03. The number of hydrogen-bond donors (Lipinski definition) is 0. The van der Waals surface area contributed by atoms with Gasteiger partial charge in [0.15, 0.2) is 0 Å². The van der Waals surface area contributed by atoms with Crippen LogP contribution < -0.4 is 0 Å². The SMILES string of the molecule is CC12OCC(C3CCCC3=O)(CO1)CO2. The van der Waals surface area contributed by atoms with Gasteiger partial charge in [-0.3, -0.25) is 4.79 Å². The van der Waals surface area contributed by atoms with E-state index in [-0.39, 0.29) is 11.3 Å². The first-order valence-electron chi connectivity index (χ1n) is 5.58. The van der Waals surface area contributed by atoms with Crippen molar-refractivity contribution < 1.29 is 19.0 Å². The van der Waals surface area contributed by atoms with Crippen molar-refractivity contribution >= 4 is 5.78 Å². The summed E-state index contributed by atoms with van der Waals surface area (Å²) in [7, 11) is 0. The normalized spacial score (nSPS) is 49.9. The van der Waals surface area contributed by atoms with Crippen molar-refractivity contribution in [3.05, 3.63) is 0 Å². The summed E-state index contributed by atoms with van der Waals surface area (Å²) in [5.41, 5.74) is -0.203. The Balaban J connectivity index is 1.83. The Morgan fingerprint density at radius 3 is 2.27 bits per heavy atom. The Bertz CT molecular complexity index is 274. The number of carbonyl (C=O) groups is 1. The number of Topliss-reactive ketones (excluding diaryl/α,β-unsaturated/α-hetero) is 1. The number of hydrogen-bond acceptors (Lipinski definition) is 4. The molecule has 3 aliphatic heterocycles. The predicted octanol–water partition coefficient (Wildman–Crippen LogP) is 1.09. The van der Waals surface area contributed by atoms with Crippen LogP contribution in [0.25, 0.3) is 0 Å². The highest BCUT2D eigenvalue weighted by atomic mass is 16.9. The van der Waals surface area contributed by atoms with Gasteiger partial charge in [0.05, 0.1) is 25.2 Å². The maximum absolute atomic E-state index is 11.8. The molecule has 1 atom stereocenters. The predicted molar refractivity (Wildman–Crippen MR) is 51.0 cm³/mol. The Labute approximate surface area is 88.9 Å². The Morgan fingerprint density at radius 2 is 1.80 bits per heavy atom. The van der Waals surface area contributed by atoms with Gasteiger partial charge in [-0.15, -0.1) is 0 Å². The molecule has 84 valence electrons. The smallest absolute Gasteiger partial charge is 0.279 e. The molecule has 15 heavy (non-hydrogen) atoms. The average Bonchev–Trinajstić information content (AvgIpc) is 2.67. The van der Waals surface area contributed by atoms with E-state index in [1.807, 2.05) is 0 Å². The van der Waals surface area contributed by atoms with Gasteiger partial charge in [0.25, 0.3) is 5.97 Å². The van der Waals surface area contributed by atoms with Crippen LogP contribution in [0.5, 0.6) is 0 Å². The highest BCUT2D eigenvalue weighted by molar-refractivity contribution is 5.83. The van der Waals surface area contributed by atoms with Crippen molar-refractivity contribution in [2.45, 2.75) is 32.2 Å². The van der Waals surface area contributed by atoms with Gasteiger partial charge in [0, 0.05) is 19.3 Å². The molecule has 0 N–H and O–H groups in total. The lowest BCUT2D eigenvalue weighted by Gasteiger charge is -2.52. The lowest BCUT2D eigenvalue weighted by molar-refractivity contribution is -0.463. The first-order chi connectivity index (χ1) is 7.14. The van der Waals surface area contributed by atoms with Crippen molar-refractivity contribution in [2.75, 3.05) is 19.8 Å². The van der Waals surface area contributed by atoms with E-state index in [1.54, 1.807) is 6.92 Å². The second-order valence-corrected chi connectivity index (χ2v) is 5.00. The van der Waals surface area contributed by atoms with Gasteiger partial charge in [-0.25, -0.2) is 0 Å². The van der Waals surface area contributed by atoms with Crippen LogP contribution in [0.3, 0.4) is 0 Å². The molecule has 4 rings (SSSR count). The highest BCUT2D eigenvalue weighted by Crippen LogP contribution is 2.47. The van der Waals surface area contributed by atoms with E-state index in [9.17, 15) is 4.79 Å². The number of fused-ring (bicyclic) bond motifs is 3. The lowest BCUT2D eigenvalue weighted by Crippen LogP contribution is -2.61. The molecule has 1 aliphatic carbocycles. The van der Waals surface area contributed by atoms with Crippen LogP contribution in [-0.2, 0) is 19.0 Å². The average molecular weight is 212 g/mol. The summed E-state index contributed by atoms with van der Waals surface area (Å²) in [6.45, 7) is 3.58. The molecule has 0 aromatic carbocycles. The number of carbonyl (C=O) groups excluding carboxylic acids is 1. The Kier molecular flexibility index (Phi) is 1.97. The van der Waals surface area contributed by atoms with Gasteiger partial charge in [0.2, 0.25) is 0 Å². The van der Waals surface area contributed by atoms with E-state index < -0.39 is 5.97 Å². The zero-order valence-corrected chi connectivity index (χ0v) is 8.95. The Hall–Kier alpha value is -0.450. The van der Waals surface area contributed by atoms with Gasteiger partial charge in [-0.2, -0.15) is 0 Å². The molecule has 0 amide bonds. The first-order valence-corrected chi connectivity index (χ1v) is 5.58. The molecule has 3 heterocycles. The molecule has 0 radical (unpaired) electrons. The monoisotopic (exact) mass is 212 g/mol. The molecule has 1 unspecified atom stereocenters. The van der Waals surface area contributed by atoms with Gasteiger partial charge in [0.1, 0.15) is 5.78 Å². The summed E-state index contributed by atoms with van der Waals surface area (Å²) in [5.74, 6) is -0.415. The minimum Gasteiger partial charge on any atom is -0.327 e. The molecule has 4 nitrogen and oxygen atoms in total. The molecule has 4 aliphatic rings. The molecule has 4 fully saturated rings. The molecule has 0 spiro atoms. The third-order valence-corrected chi connectivity index (χ3v) is 3.91. The van der Waals surface area contributed by atoms with Gasteiger partial charge < -0.3 is 14.2 Å². The van der Waals surface area contributed by atoms with Crippen LogP contribution in [0.15, 0.2) is 0 Å². The van der Waals surface area contributed by atoms with E-state index in [1.165, 1.54) is 0 Å². The minimum atomic E-state index is -0.858. The number of ketones is 1. The van der Waals surface area contributed by atoms with Crippen LogP contribution >= 0.6 is 0 Å². The van der Waals surface area contributed by atoms with E-state index in [2.05, 4.69) is 0 Å². The fourth-order valence-electron chi connectivity index (χ4n) is 2.84. The molecule has 4 heteroatoms.